The lowest BCUT2D eigenvalue weighted by Gasteiger charge is -2.11. The molecule has 5 nitrogen and oxygen atoms in total. The number of nitrogens with zero attached hydrogens (tertiary/aromatic N) is 4. The van der Waals surface area contributed by atoms with Gasteiger partial charge in [-0.25, -0.2) is 4.99 Å². The van der Waals surface area contributed by atoms with Gasteiger partial charge >= 0.3 is 0 Å². The first kappa shape index (κ1) is 19.9. The normalized spacial score (nSPS) is 10.8. The topological polar surface area (TPSA) is 61.5 Å². The lowest BCUT2D eigenvalue weighted by Crippen LogP contribution is -2.14. The number of nitriles is 1. The number of hydrogen-bond acceptors (Lipinski definition) is 5. The molecule has 3 aromatic rings. The monoisotopic (exact) mass is 410 g/mol. The van der Waals surface area contributed by atoms with Gasteiger partial charge in [0.25, 0.3) is 0 Å². The molecule has 0 saturated heterocycles. The minimum Gasteiger partial charge on any atom is -0.443 e. The van der Waals surface area contributed by atoms with Crippen LogP contribution in [-0.2, 0) is 0 Å². The predicted molar refractivity (Wildman–Crippen MR) is 115 cm³/mol. The predicted octanol–water partition coefficient (Wildman–Crippen LogP) is 6.05. The second-order valence-corrected chi connectivity index (χ2v) is 7.30. The molecular formula is C21H19ClN4OS. The molecule has 0 aliphatic rings. The van der Waals surface area contributed by atoms with Crippen LogP contribution in [0.15, 0.2) is 47.5 Å². The molecule has 0 unspecified atom stereocenters. The molecule has 0 fully saturated rings. The van der Waals surface area contributed by atoms with Gasteiger partial charge in [0.15, 0.2) is 0 Å². The summed E-state index contributed by atoms with van der Waals surface area (Å²) in [5, 5.41) is 10.6. The van der Waals surface area contributed by atoms with Gasteiger partial charge in [0.2, 0.25) is 5.06 Å². The smallest absolute Gasteiger partial charge is 0.218 e. The average Bonchev–Trinajstić information content (AvgIpc) is 3.12. The Hall–Kier alpha value is -2.88. The summed E-state index contributed by atoms with van der Waals surface area (Å²) in [6, 6.07) is 15.4. The Kier molecular flexibility index (Phi) is 6.30. The van der Waals surface area contributed by atoms with Crippen LogP contribution in [0.2, 0.25) is 5.02 Å². The highest BCUT2D eigenvalue weighted by atomic mass is 35.5. The molecule has 1 heterocycles. The lowest BCUT2D eigenvalue weighted by atomic mass is 10.1. The Morgan fingerprint density at radius 2 is 2.07 bits per heavy atom. The van der Waals surface area contributed by atoms with Crippen LogP contribution < -0.4 is 4.74 Å². The molecule has 0 aliphatic heterocycles. The summed E-state index contributed by atoms with van der Waals surface area (Å²) in [6.07, 6.45) is 1.74. The highest BCUT2D eigenvalue weighted by Gasteiger charge is 2.18. The molecule has 2 aromatic carbocycles. The van der Waals surface area contributed by atoms with Gasteiger partial charge < -0.3 is 9.64 Å². The first-order chi connectivity index (χ1) is 13.5. The zero-order valence-electron chi connectivity index (χ0n) is 15.8. The standard InChI is InChI=1S/C21H19ClN4OS/c1-4-26(3)13-24-18-10-14(2)19(11-17(18)22)27-21-16(12-23)20(25-28-21)15-8-6-5-7-9-15/h5-11,13H,4H2,1-3H3. The fourth-order valence-electron chi connectivity index (χ4n) is 2.44. The molecule has 1 aromatic heterocycles. The van der Waals surface area contributed by atoms with E-state index in [0.29, 0.717) is 32.8 Å². The van der Waals surface area contributed by atoms with Crippen molar-refractivity contribution in [3.05, 3.63) is 58.6 Å². The van der Waals surface area contributed by atoms with Crippen molar-refractivity contribution in [2.45, 2.75) is 13.8 Å². The van der Waals surface area contributed by atoms with Crippen LogP contribution in [0.4, 0.5) is 5.69 Å². The third-order valence-corrected chi connectivity index (χ3v) is 5.19. The number of aliphatic imine (C=N–C) groups is 1. The maximum atomic E-state index is 9.63. The number of aryl methyl sites for hydroxylation is 1. The first-order valence-corrected chi connectivity index (χ1v) is 9.86. The molecule has 0 saturated carbocycles. The van der Waals surface area contributed by atoms with Crippen LogP contribution in [0, 0.1) is 18.3 Å². The van der Waals surface area contributed by atoms with Crippen molar-refractivity contribution in [2.75, 3.05) is 13.6 Å². The van der Waals surface area contributed by atoms with Crippen molar-refractivity contribution in [3.63, 3.8) is 0 Å². The molecule has 0 atom stereocenters. The van der Waals surface area contributed by atoms with E-state index in [2.05, 4.69) is 15.4 Å². The van der Waals surface area contributed by atoms with Gasteiger partial charge in [-0.3, -0.25) is 0 Å². The molecule has 3 rings (SSSR count). The molecule has 0 aliphatic carbocycles. The summed E-state index contributed by atoms with van der Waals surface area (Å²) < 4.78 is 10.4. The summed E-state index contributed by atoms with van der Waals surface area (Å²) in [6.45, 7) is 4.81. The number of aromatic nitrogens is 1. The Morgan fingerprint density at radius 1 is 1.32 bits per heavy atom. The maximum Gasteiger partial charge on any atom is 0.218 e. The number of halogens is 1. The number of ether oxygens (including phenoxy) is 1. The van der Waals surface area contributed by atoms with Crippen LogP contribution in [0.1, 0.15) is 18.1 Å². The van der Waals surface area contributed by atoms with Crippen LogP contribution in [-0.4, -0.2) is 29.2 Å². The summed E-state index contributed by atoms with van der Waals surface area (Å²) in [5.41, 5.74) is 3.45. The summed E-state index contributed by atoms with van der Waals surface area (Å²) >= 11 is 7.53. The quantitative estimate of drug-likeness (QED) is 0.366. The summed E-state index contributed by atoms with van der Waals surface area (Å²) in [4.78, 5) is 6.37. The fourth-order valence-corrected chi connectivity index (χ4v) is 3.37. The van der Waals surface area contributed by atoms with E-state index in [9.17, 15) is 5.26 Å². The zero-order valence-corrected chi connectivity index (χ0v) is 17.4. The first-order valence-electron chi connectivity index (χ1n) is 8.71. The Morgan fingerprint density at radius 3 is 2.75 bits per heavy atom. The van der Waals surface area contributed by atoms with E-state index in [-0.39, 0.29) is 0 Å². The second-order valence-electron chi connectivity index (χ2n) is 6.16. The number of benzene rings is 2. The van der Waals surface area contributed by atoms with Crippen LogP contribution >= 0.6 is 23.1 Å². The largest absolute Gasteiger partial charge is 0.443 e. The summed E-state index contributed by atoms with van der Waals surface area (Å²) in [5.74, 6) is 0.576. The molecule has 0 amide bonds. The summed E-state index contributed by atoms with van der Waals surface area (Å²) in [7, 11) is 1.94. The van der Waals surface area contributed by atoms with Gasteiger partial charge in [-0.1, -0.05) is 41.9 Å². The Labute approximate surface area is 173 Å². The molecule has 0 radical (unpaired) electrons. The molecule has 142 valence electrons. The van der Waals surface area contributed by atoms with Crippen LogP contribution in [0.3, 0.4) is 0 Å². The van der Waals surface area contributed by atoms with Crippen molar-refractivity contribution in [1.82, 2.24) is 9.27 Å². The van der Waals surface area contributed by atoms with Gasteiger partial charge in [-0.2, -0.15) is 9.64 Å². The second kappa shape index (κ2) is 8.87. The van der Waals surface area contributed by atoms with E-state index < -0.39 is 0 Å². The van der Waals surface area contributed by atoms with E-state index in [1.165, 1.54) is 0 Å². The molecular weight excluding hydrogens is 392 g/mol. The lowest BCUT2D eigenvalue weighted by molar-refractivity contribution is 0.491. The highest BCUT2D eigenvalue weighted by Crippen LogP contribution is 2.39. The van der Waals surface area contributed by atoms with E-state index in [1.54, 1.807) is 12.4 Å². The minimum absolute atomic E-state index is 0.415. The number of hydrogen-bond donors (Lipinski definition) is 0. The Balaban J connectivity index is 1.91. The molecule has 0 spiro atoms. The van der Waals surface area contributed by atoms with Crippen molar-refractivity contribution >= 4 is 35.2 Å². The molecule has 0 bridgehead atoms. The van der Waals surface area contributed by atoms with Crippen LogP contribution in [0.25, 0.3) is 11.3 Å². The van der Waals surface area contributed by atoms with Crippen molar-refractivity contribution in [2.24, 2.45) is 4.99 Å². The Bertz CT molecular complexity index is 1040. The molecule has 7 heteroatoms. The van der Waals surface area contributed by atoms with E-state index >= 15 is 0 Å². The third kappa shape index (κ3) is 4.33. The van der Waals surface area contributed by atoms with Gasteiger partial charge in [-0.05, 0) is 25.5 Å². The van der Waals surface area contributed by atoms with Crippen LogP contribution in [0.5, 0.6) is 10.8 Å². The molecule has 28 heavy (non-hydrogen) atoms. The van der Waals surface area contributed by atoms with E-state index in [1.807, 2.05) is 62.2 Å². The van der Waals surface area contributed by atoms with E-state index in [4.69, 9.17) is 16.3 Å². The van der Waals surface area contributed by atoms with Crippen molar-refractivity contribution in [1.29, 1.82) is 5.26 Å². The van der Waals surface area contributed by atoms with E-state index in [0.717, 1.165) is 29.2 Å². The van der Waals surface area contributed by atoms with Crippen molar-refractivity contribution in [3.8, 4) is 28.1 Å². The van der Waals surface area contributed by atoms with Gasteiger partial charge in [-0.15, -0.1) is 0 Å². The van der Waals surface area contributed by atoms with Gasteiger partial charge in [0.05, 0.1) is 17.0 Å². The van der Waals surface area contributed by atoms with Crippen molar-refractivity contribution < 1.29 is 4.74 Å². The number of rotatable bonds is 6. The zero-order chi connectivity index (χ0) is 20.1. The fraction of sp³-hybridized carbons (Fsp3) is 0.190. The SMILES string of the molecule is CCN(C)C=Nc1cc(C)c(Oc2snc(-c3ccccc3)c2C#N)cc1Cl. The minimum atomic E-state index is 0.415. The van der Waals surface area contributed by atoms with Gasteiger partial charge in [0.1, 0.15) is 23.1 Å². The molecule has 0 N–H and O–H groups in total. The maximum absolute atomic E-state index is 9.63. The third-order valence-electron chi connectivity index (χ3n) is 4.16. The average molecular weight is 411 g/mol. The van der Waals surface area contributed by atoms with Gasteiger partial charge in [0, 0.05) is 36.8 Å². The highest BCUT2D eigenvalue weighted by molar-refractivity contribution is 7.08.